The van der Waals surface area contributed by atoms with E-state index in [0.717, 1.165) is 34.8 Å². The molecule has 0 saturated heterocycles. The van der Waals surface area contributed by atoms with Gasteiger partial charge in [-0.2, -0.15) is 4.57 Å². The topological polar surface area (TPSA) is 86.2 Å². The highest BCUT2D eigenvalue weighted by molar-refractivity contribution is 14.1. The van der Waals surface area contributed by atoms with Gasteiger partial charge in [-0.25, -0.2) is 8.42 Å². The minimum atomic E-state index is -4.27. The molecule has 32 heavy (non-hydrogen) atoms. The minimum Gasteiger partial charge on any atom is -0.744 e. The van der Waals surface area contributed by atoms with Crippen molar-refractivity contribution in [3.05, 3.63) is 94.0 Å². The number of halogens is 1. The third-order valence-electron chi connectivity index (χ3n) is 4.57. The SMILES string of the molecule is CC[n+]1c(C=CNc2ccccc2)oc2ccc(I)cc21.Cc1ccc(S(=O)(=O)[O-])cc1. The maximum absolute atomic E-state index is 10.4. The van der Waals surface area contributed by atoms with Crippen LogP contribution in [-0.2, 0) is 16.7 Å². The fourth-order valence-corrected chi connectivity index (χ4v) is 3.92. The quantitative estimate of drug-likeness (QED) is 0.202. The van der Waals surface area contributed by atoms with Crippen molar-refractivity contribution in [2.75, 3.05) is 5.32 Å². The van der Waals surface area contributed by atoms with Gasteiger partial charge in [-0.1, -0.05) is 35.9 Å². The predicted molar refractivity (Wildman–Crippen MR) is 133 cm³/mol. The lowest BCUT2D eigenvalue weighted by Gasteiger charge is -2.05. The molecule has 0 fully saturated rings. The highest BCUT2D eigenvalue weighted by Crippen LogP contribution is 2.18. The van der Waals surface area contributed by atoms with Crippen molar-refractivity contribution in [3.63, 3.8) is 0 Å². The Balaban J connectivity index is 0.000000222. The predicted octanol–water partition coefficient (Wildman–Crippen LogP) is 5.33. The molecule has 1 N–H and O–H groups in total. The fourth-order valence-electron chi connectivity index (χ4n) is 2.97. The lowest BCUT2D eigenvalue weighted by Crippen LogP contribution is -2.33. The number of oxazole rings is 1. The van der Waals surface area contributed by atoms with Crippen LogP contribution in [-0.4, -0.2) is 13.0 Å². The van der Waals surface area contributed by atoms with Crippen LogP contribution in [0, 0.1) is 10.5 Å². The molecule has 0 bridgehead atoms. The van der Waals surface area contributed by atoms with E-state index in [4.69, 9.17) is 4.42 Å². The number of rotatable bonds is 5. The van der Waals surface area contributed by atoms with Gasteiger partial charge in [-0.3, -0.25) is 0 Å². The normalized spacial score (nSPS) is 11.4. The van der Waals surface area contributed by atoms with E-state index in [2.05, 4.69) is 51.5 Å². The van der Waals surface area contributed by atoms with E-state index in [1.54, 1.807) is 12.1 Å². The Labute approximate surface area is 201 Å². The standard InChI is InChI=1S/C17H15IN2O.C7H8O3S/c1-2-20-15-12-13(18)8-9-16(15)21-17(20)10-11-19-14-6-4-3-5-7-14;1-6-2-4-7(5-3-6)11(8,9)10/h3-12H,2H2,1H3;2-5H,1H3,(H,8,9,10). The smallest absolute Gasteiger partial charge is 0.375 e. The average molecular weight is 562 g/mol. The van der Waals surface area contributed by atoms with Crippen molar-refractivity contribution in [2.24, 2.45) is 0 Å². The summed E-state index contributed by atoms with van der Waals surface area (Å²) in [6.45, 7) is 4.82. The van der Waals surface area contributed by atoms with Crippen LogP contribution in [0.5, 0.6) is 0 Å². The Morgan fingerprint density at radius 2 is 1.75 bits per heavy atom. The largest absolute Gasteiger partial charge is 0.744 e. The molecule has 0 radical (unpaired) electrons. The number of para-hydroxylation sites is 1. The molecule has 8 heteroatoms. The Morgan fingerprint density at radius 1 is 1.06 bits per heavy atom. The summed E-state index contributed by atoms with van der Waals surface area (Å²) >= 11 is 2.32. The number of aryl methyl sites for hydroxylation is 2. The van der Waals surface area contributed by atoms with Crippen molar-refractivity contribution < 1.29 is 22.0 Å². The van der Waals surface area contributed by atoms with Gasteiger partial charge in [0.1, 0.15) is 16.7 Å². The summed E-state index contributed by atoms with van der Waals surface area (Å²) in [6, 6.07) is 22.1. The molecule has 3 aromatic carbocycles. The minimum absolute atomic E-state index is 0.178. The fraction of sp³-hybridized carbons (Fsp3) is 0.125. The summed E-state index contributed by atoms with van der Waals surface area (Å²) in [5.74, 6) is 0.845. The first-order valence-corrected chi connectivity index (χ1v) is 12.4. The summed E-state index contributed by atoms with van der Waals surface area (Å²) in [5.41, 5.74) is 4.03. The lowest BCUT2D eigenvalue weighted by molar-refractivity contribution is -0.674. The Bertz CT molecular complexity index is 1320. The molecule has 1 aromatic heterocycles. The average Bonchev–Trinajstić information content (AvgIpc) is 3.11. The molecule has 0 saturated carbocycles. The summed E-state index contributed by atoms with van der Waals surface area (Å²) in [5, 5.41) is 3.24. The van der Waals surface area contributed by atoms with E-state index in [1.165, 1.54) is 15.7 Å². The van der Waals surface area contributed by atoms with Gasteiger partial charge in [-0.15, -0.1) is 0 Å². The Hall–Kier alpha value is -2.69. The molecule has 4 aromatic rings. The molecule has 0 aliphatic carbocycles. The maximum Gasteiger partial charge on any atom is 0.375 e. The van der Waals surface area contributed by atoms with E-state index in [-0.39, 0.29) is 4.90 Å². The molecule has 6 nitrogen and oxygen atoms in total. The van der Waals surface area contributed by atoms with Crippen molar-refractivity contribution in [3.8, 4) is 0 Å². The van der Waals surface area contributed by atoms with E-state index in [1.807, 2.05) is 55.6 Å². The number of hydrogen-bond acceptors (Lipinski definition) is 5. The van der Waals surface area contributed by atoms with Gasteiger partial charge in [0.2, 0.25) is 5.58 Å². The van der Waals surface area contributed by atoms with Crippen LogP contribution in [0.3, 0.4) is 0 Å². The highest BCUT2D eigenvalue weighted by atomic mass is 127. The van der Waals surface area contributed by atoms with E-state index < -0.39 is 10.1 Å². The second-order valence-corrected chi connectivity index (χ2v) is 9.53. The lowest BCUT2D eigenvalue weighted by atomic mass is 10.2. The van der Waals surface area contributed by atoms with Crippen molar-refractivity contribution in [1.82, 2.24) is 0 Å². The molecule has 0 unspecified atom stereocenters. The van der Waals surface area contributed by atoms with Crippen molar-refractivity contribution in [2.45, 2.75) is 25.3 Å². The van der Waals surface area contributed by atoms with Crippen LogP contribution in [0.15, 0.2) is 88.3 Å². The van der Waals surface area contributed by atoms with Gasteiger partial charge >= 0.3 is 5.89 Å². The maximum atomic E-state index is 10.4. The molecular weight excluding hydrogens is 539 g/mol. The first kappa shape index (κ1) is 24.0. The monoisotopic (exact) mass is 562 g/mol. The number of benzene rings is 3. The zero-order valence-corrected chi connectivity index (χ0v) is 20.6. The number of fused-ring (bicyclic) bond motifs is 1. The molecule has 0 amide bonds. The second-order valence-electron chi connectivity index (χ2n) is 6.91. The molecule has 4 rings (SSSR count). The van der Waals surface area contributed by atoms with Gasteiger partial charge in [-0.05, 0) is 72.8 Å². The van der Waals surface area contributed by atoms with Crippen LogP contribution >= 0.6 is 22.6 Å². The van der Waals surface area contributed by atoms with Crippen molar-refractivity contribution in [1.29, 1.82) is 0 Å². The summed E-state index contributed by atoms with van der Waals surface area (Å²) in [4.78, 5) is -0.178. The first-order chi connectivity index (χ1) is 15.3. The number of nitrogens with zero attached hydrogens (tertiary/aromatic N) is 1. The molecule has 1 heterocycles. The zero-order valence-electron chi connectivity index (χ0n) is 17.7. The third kappa shape index (κ3) is 6.41. The number of nitrogens with one attached hydrogen (secondary N) is 1. The van der Waals surface area contributed by atoms with Gasteiger partial charge in [0, 0.05) is 21.5 Å². The van der Waals surface area contributed by atoms with E-state index >= 15 is 0 Å². The van der Waals surface area contributed by atoms with Gasteiger partial charge in [0.05, 0.1) is 11.0 Å². The first-order valence-electron chi connectivity index (χ1n) is 9.90. The Kier molecular flexibility index (Phi) is 8.05. The van der Waals surface area contributed by atoms with Crippen LogP contribution in [0.25, 0.3) is 17.2 Å². The summed E-state index contributed by atoms with van der Waals surface area (Å²) in [6.07, 6.45) is 3.87. The van der Waals surface area contributed by atoms with Gasteiger partial charge in [0.25, 0.3) is 5.52 Å². The van der Waals surface area contributed by atoms with Gasteiger partial charge < -0.3 is 14.3 Å². The van der Waals surface area contributed by atoms with E-state index in [0.29, 0.717) is 0 Å². The molecular formula is C24H23IN2O4S. The summed E-state index contributed by atoms with van der Waals surface area (Å²) < 4.78 is 40.5. The van der Waals surface area contributed by atoms with Crippen LogP contribution in [0.2, 0.25) is 0 Å². The van der Waals surface area contributed by atoms with Crippen LogP contribution in [0.1, 0.15) is 18.4 Å². The van der Waals surface area contributed by atoms with Gasteiger partial charge in [0.15, 0.2) is 0 Å². The van der Waals surface area contributed by atoms with Crippen LogP contribution < -0.4 is 9.88 Å². The highest BCUT2D eigenvalue weighted by Gasteiger charge is 2.18. The number of hydrogen-bond donors (Lipinski definition) is 1. The molecule has 0 atom stereocenters. The molecule has 166 valence electrons. The second kappa shape index (κ2) is 10.8. The van der Waals surface area contributed by atoms with E-state index in [9.17, 15) is 13.0 Å². The number of anilines is 1. The zero-order chi connectivity index (χ0) is 23.1. The summed E-state index contributed by atoms with van der Waals surface area (Å²) in [7, 11) is -4.27. The van der Waals surface area contributed by atoms with Crippen molar-refractivity contribution >= 4 is 55.6 Å². The molecule has 0 aliphatic rings. The van der Waals surface area contributed by atoms with Crippen LogP contribution in [0.4, 0.5) is 5.69 Å². The molecule has 0 aliphatic heterocycles. The Morgan fingerprint density at radius 3 is 2.38 bits per heavy atom. The molecule has 0 spiro atoms. The number of aromatic nitrogens is 1. The third-order valence-corrected chi connectivity index (χ3v) is 6.09.